The molecule has 3 N–H and O–H groups in total. The Labute approximate surface area is 124 Å². The lowest BCUT2D eigenvalue weighted by molar-refractivity contribution is -0.127. The first-order valence-corrected chi connectivity index (χ1v) is 7.31. The molecular weight excluding hydrogens is 294 g/mol. The molecule has 0 unspecified atom stereocenters. The summed E-state index contributed by atoms with van der Waals surface area (Å²) >= 11 is 0.786. The first-order valence-electron chi connectivity index (χ1n) is 6.50. The normalized spacial score (nSPS) is 31.1. The second kappa shape index (κ2) is 4.85. The minimum absolute atomic E-state index is 0.0395. The lowest BCUT2D eigenvalue weighted by Gasteiger charge is -2.23. The van der Waals surface area contributed by atoms with Gasteiger partial charge in [0, 0.05) is 5.56 Å². The molecule has 0 spiro atoms. The number of hydrogen-bond acceptors (Lipinski definition) is 6. The Morgan fingerprint density at radius 1 is 1.29 bits per heavy atom. The summed E-state index contributed by atoms with van der Waals surface area (Å²) in [6, 6.07) is 5.67. The third kappa shape index (κ3) is 2.13. The van der Waals surface area contributed by atoms with E-state index in [1.165, 1.54) is 24.3 Å². The van der Waals surface area contributed by atoms with E-state index in [4.69, 9.17) is 0 Å². The van der Waals surface area contributed by atoms with Crippen LogP contribution in [0.1, 0.15) is 23.2 Å². The van der Waals surface area contributed by atoms with Crippen molar-refractivity contribution in [3.8, 4) is 5.75 Å². The number of amides is 2. The zero-order valence-corrected chi connectivity index (χ0v) is 11.7. The van der Waals surface area contributed by atoms with E-state index >= 15 is 0 Å². The molecule has 1 aliphatic heterocycles. The van der Waals surface area contributed by atoms with Crippen molar-refractivity contribution in [2.75, 3.05) is 0 Å². The summed E-state index contributed by atoms with van der Waals surface area (Å²) in [7, 11) is 0. The molecule has 3 atom stereocenters. The van der Waals surface area contributed by atoms with E-state index in [0.717, 1.165) is 11.8 Å². The van der Waals surface area contributed by atoms with Gasteiger partial charge in [-0.15, -0.1) is 0 Å². The zero-order valence-electron chi connectivity index (χ0n) is 10.9. The Kier molecular flexibility index (Phi) is 3.26. The number of imide groups is 1. The van der Waals surface area contributed by atoms with Crippen molar-refractivity contribution in [2.45, 2.75) is 23.7 Å². The molecule has 3 rings (SSSR count). The van der Waals surface area contributed by atoms with Gasteiger partial charge in [-0.25, -0.2) is 0 Å². The molecule has 2 fully saturated rings. The third-order valence-corrected chi connectivity index (χ3v) is 5.41. The molecule has 1 saturated heterocycles. The van der Waals surface area contributed by atoms with Crippen LogP contribution in [0.5, 0.6) is 5.75 Å². The van der Waals surface area contributed by atoms with Crippen molar-refractivity contribution in [1.82, 2.24) is 5.32 Å². The third-order valence-electron chi connectivity index (χ3n) is 3.98. The largest absolute Gasteiger partial charge is 0.508 e. The number of fused-ring (bicyclic) bond motifs is 1. The number of aromatic hydroxyl groups is 1. The molecule has 7 heteroatoms. The van der Waals surface area contributed by atoms with Crippen molar-refractivity contribution in [1.29, 1.82) is 0 Å². The van der Waals surface area contributed by atoms with Crippen LogP contribution in [-0.4, -0.2) is 38.0 Å². The maximum atomic E-state index is 12.3. The average Bonchev–Trinajstić information content (AvgIpc) is 2.88. The Balaban J connectivity index is 1.89. The molecule has 6 nitrogen and oxygen atoms in total. The minimum atomic E-state index is -1.22. The van der Waals surface area contributed by atoms with Crippen LogP contribution in [0, 0.1) is 5.92 Å². The van der Waals surface area contributed by atoms with E-state index in [1.54, 1.807) is 0 Å². The fraction of sp³-hybridized carbons (Fsp3) is 0.357. The maximum absolute atomic E-state index is 12.3. The van der Waals surface area contributed by atoms with Crippen molar-refractivity contribution in [2.24, 2.45) is 5.92 Å². The number of phenolic OH excluding ortho intramolecular Hbond substituents is 1. The number of aliphatic hydroxyl groups is 1. The molecule has 0 aromatic heterocycles. The molecule has 1 aromatic rings. The van der Waals surface area contributed by atoms with Gasteiger partial charge in [0.25, 0.3) is 0 Å². The van der Waals surface area contributed by atoms with Gasteiger partial charge in [-0.3, -0.25) is 19.7 Å². The predicted molar refractivity (Wildman–Crippen MR) is 74.6 cm³/mol. The summed E-state index contributed by atoms with van der Waals surface area (Å²) in [5, 5.41) is 21.0. The van der Waals surface area contributed by atoms with E-state index in [-0.39, 0.29) is 17.3 Å². The number of rotatable bonds is 2. The van der Waals surface area contributed by atoms with Gasteiger partial charge in [0.15, 0.2) is 0 Å². The van der Waals surface area contributed by atoms with Crippen molar-refractivity contribution < 1.29 is 24.6 Å². The number of aliphatic hydroxyl groups excluding tert-OH is 1. The molecule has 2 amide bonds. The van der Waals surface area contributed by atoms with Gasteiger partial charge >= 0.3 is 0 Å². The highest BCUT2D eigenvalue weighted by molar-refractivity contribution is 8.16. The number of nitrogens with one attached hydrogen (secondary N) is 1. The molecule has 1 saturated carbocycles. The van der Waals surface area contributed by atoms with Gasteiger partial charge in [-0.05, 0) is 37.1 Å². The molecule has 110 valence electrons. The van der Waals surface area contributed by atoms with E-state index < -0.39 is 28.6 Å². The monoisotopic (exact) mass is 307 g/mol. The smallest absolute Gasteiger partial charge is 0.244 e. The summed E-state index contributed by atoms with van der Waals surface area (Å²) in [6.45, 7) is 0. The van der Waals surface area contributed by atoms with E-state index in [9.17, 15) is 24.6 Å². The Hall–Kier alpha value is -1.86. The lowest BCUT2D eigenvalue weighted by atomic mass is 9.97. The summed E-state index contributed by atoms with van der Waals surface area (Å²) in [5.74, 6) is -1.86. The zero-order chi connectivity index (χ0) is 15.2. The van der Waals surface area contributed by atoms with E-state index in [0.29, 0.717) is 12.0 Å². The number of carbonyl (C=O) groups excluding carboxylic acids is 3. The SMILES string of the molecule is O=C(S[C@@]12CC[C@H](O)[C@@H]1C(=O)NC2=O)c1ccc(O)cc1. The quantitative estimate of drug-likeness (QED) is 0.685. The van der Waals surface area contributed by atoms with Crippen LogP contribution in [-0.2, 0) is 9.59 Å². The van der Waals surface area contributed by atoms with Crippen LogP contribution in [0.3, 0.4) is 0 Å². The Morgan fingerprint density at radius 3 is 2.62 bits per heavy atom. The van der Waals surface area contributed by atoms with Crippen molar-refractivity contribution in [3.63, 3.8) is 0 Å². The van der Waals surface area contributed by atoms with Gasteiger partial charge in [-0.2, -0.15) is 0 Å². The van der Waals surface area contributed by atoms with Gasteiger partial charge in [0.2, 0.25) is 16.9 Å². The van der Waals surface area contributed by atoms with Crippen LogP contribution in [0.4, 0.5) is 0 Å². The van der Waals surface area contributed by atoms with Crippen LogP contribution < -0.4 is 5.32 Å². The van der Waals surface area contributed by atoms with Crippen molar-refractivity contribution >= 4 is 28.7 Å². The summed E-state index contributed by atoms with van der Waals surface area (Å²) in [4.78, 5) is 36.2. The second-order valence-corrected chi connectivity index (χ2v) is 6.53. The molecule has 0 bridgehead atoms. The van der Waals surface area contributed by atoms with Crippen LogP contribution in [0.25, 0.3) is 0 Å². The van der Waals surface area contributed by atoms with Gasteiger partial charge in [0.05, 0.1) is 12.0 Å². The minimum Gasteiger partial charge on any atom is -0.508 e. The maximum Gasteiger partial charge on any atom is 0.244 e. The fourth-order valence-electron chi connectivity index (χ4n) is 2.91. The molecule has 1 heterocycles. The van der Waals surface area contributed by atoms with E-state index in [1.807, 2.05) is 0 Å². The van der Waals surface area contributed by atoms with Gasteiger partial charge in [-0.1, -0.05) is 11.8 Å². The highest BCUT2D eigenvalue weighted by atomic mass is 32.2. The number of phenols is 1. The first-order chi connectivity index (χ1) is 9.94. The summed E-state index contributed by atoms with van der Waals surface area (Å²) < 4.78 is -1.22. The van der Waals surface area contributed by atoms with Gasteiger partial charge < -0.3 is 10.2 Å². The highest BCUT2D eigenvalue weighted by Crippen LogP contribution is 2.50. The standard InChI is InChI=1S/C14H13NO5S/c16-8-3-1-7(2-4-8)12(19)21-14-6-5-9(17)10(14)11(18)15-13(14)20/h1-4,9-10,16-17H,5-6H2,(H,15,18,20)/t9-,10+,14-/m0/s1. The molecule has 1 aliphatic carbocycles. The van der Waals surface area contributed by atoms with Crippen LogP contribution in [0.2, 0.25) is 0 Å². The molecule has 1 aromatic carbocycles. The molecule has 2 aliphatic rings. The number of carbonyl (C=O) groups is 3. The van der Waals surface area contributed by atoms with Crippen LogP contribution >= 0.6 is 11.8 Å². The van der Waals surface area contributed by atoms with E-state index in [2.05, 4.69) is 5.32 Å². The second-order valence-electron chi connectivity index (χ2n) is 5.23. The lowest BCUT2D eigenvalue weighted by Crippen LogP contribution is -2.38. The molecule has 21 heavy (non-hydrogen) atoms. The van der Waals surface area contributed by atoms with Crippen molar-refractivity contribution in [3.05, 3.63) is 29.8 Å². The first kappa shape index (κ1) is 14.1. The van der Waals surface area contributed by atoms with Gasteiger partial charge in [0.1, 0.15) is 10.5 Å². The topological polar surface area (TPSA) is 104 Å². The number of hydrogen-bond donors (Lipinski definition) is 3. The Bertz CT molecular complexity index is 629. The number of thioether (sulfide) groups is 1. The summed E-state index contributed by atoms with van der Waals surface area (Å²) in [6.07, 6.45) is -0.304. The highest BCUT2D eigenvalue weighted by Gasteiger charge is 2.63. The fourth-order valence-corrected chi connectivity index (χ4v) is 4.25. The molecule has 0 radical (unpaired) electrons. The average molecular weight is 307 g/mol. The molecular formula is C14H13NO5S. The van der Waals surface area contributed by atoms with Crippen LogP contribution in [0.15, 0.2) is 24.3 Å². The summed E-state index contributed by atoms with van der Waals surface area (Å²) in [5.41, 5.74) is 0.333. The Morgan fingerprint density at radius 2 is 1.95 bits per heavy atom. The predicted octanol–water partition coefficient (Wildman–Crippen LogP) is 0.432. The number of benzene rings is 1.